The molecule has 2 amide bonds. The Bertz CT molecular complexity index is 565. The van der Waals surface area contributed by atoms with Crippen LogP contribution in [0.15, 0.2) is 18.2 Å². The fourth-order valence-corrected chi connectivity index (χ4v) is 1.40. The maximum Gasteiger partial charge on any atom is 0.328 e. The Balaban J connectivity index is 2.72. The average Bonchev–Trinajstić information content (AvgIpc) is 2.37. The van der Waals surface area contributed by atoms with Crippen molar-refractivity contribution in [2.24, 2.45) is 0 Å². The lowest BCUT2D eigenvalue weighted by Crippen LogP contribution is -2.45. The number of carboxylic acids is 1. The van der Waals surface area contributed by atoms with Crippen LogP contribution >= 0.6 is 0 Å². The molecule has 21 heavy (non-hydrogen) atoms. The van der Waals surface area contributed by atoms with Crippen molar-refractivity contribution in [1.82, 2.24) is 5.32 Å². The maximum atomic E-state index is 13.3. The molecule has 0 saturated carbocycles. The summed E-state index contributed by atoms with van der Waals surface area (Å²) in [6.07, 6.45) is 0. The van der Waals surface area contributed by atoms with E-state index in [4.69, 9.17) is 5.11 Å². The number of carboxylic acid groups (broad SMARTS) is 1. The standard InChI is InChI=1S/C11H12FN3O6/c1-21-5-8(10(16)17)14-11(18)13-6-2-3-9(15(19)20)7(12)4-6/h2-4,8H,5H2,1H3,(H,16,17)(H2,13,14,18). The number of nitrogens with zero attached hydrogens (tertiary/aromatic N) is 1. The van der Waals surface area contributed by atoms with Crippen LogP contribution in [0.2, 0.25) is 0 Å². The third-order valence-corrected chi connectivity index (χ3v) is 2.34. The molecule has 1 unspecified atom stereocenters. The lowest BCUT2D eigenvalue weighted by molar-refractivity contribution is -0.387. The predicted octanol–water partition coefficient (Wildman–Crippen LogP) is 0.955. The maximum absolute atomic E-state index is 13.3. The van der Waals surface area contributed by atoms with Crippen molar-refractivity contribution >= 4 is 23.4 Å². The van der Waals surface area contributed by atoms with Crippen molar-refractivity contribution in [3.8, 4) is 0 Å². The number of amides is 2. The van der Waals surface area contributed by atoms with Crippen molar-refractivity contribution in [2.45, 2.75) is 6.04 Å². The number of carbonyl (C=O) groups is 2. The van der Waals surface area contributed by atoms with Gasteiger partial charge in [-0.3, -0.25) is 10.1 Å². The second-order valence-electron chi connectivity index (χ2n) is 3.87. The summed E-state index contributed by atoms with van der Waals surface area (Å²) in [6.45, 7) is -0.253. The highest BCUT2D eigenvalue weighted by molar-refractivity contribution is 5.92. The van der Waals surface area contributed by atoms with Crippen LogP contribution in [0, 0.1) is 15.9 Å². The molecule has 0 saturated heterocycles. The normalized spacial score (nSPS) is 11.5. The highest BCUT2D eigenvalue weighted by Gasteiger charge is 2.20. The third-order valence-electron chi connectivity index (χ3n) is 2.34. The number of rotatable bonds is 6. The SMILES string of the molecule is COCC(NC(=O)Nc1ccc([N+](=O)[O-])c(F)c1)C(=O)O. The van der Waals surface area contributed by atoms with Crippen molar-refractivity contribution in [2.75, 3.05) is 19.0 Å². The second-order valence-corrected chi connectivity index (χ2v) is 3.87. The summed E-state index contributed by atoms with van der Waals surface area (Å²) < 4.78 is 18.0. The van der Waals surface area contributed by atoms with E-state index in [0.717, 1.165) is 18.2 Å². The molecule has 3 N–H and O–H groups in total. The lowest BCUT2D eigenvalue weighted by atomic mass is 10.2. The van der Waals surface area contributed by atoms with Gasteiger partial charge in [-0.15, -0.1) is 0 Å². The first-order valence-corrected chi connectivity index (χ1v) is 5.58. The Labute approximate surface area is 117 Å². The van der Waals surface area contributed by atoms with Crippen LogP contribution < -0.4 is 10.6 Å². The summed E-state index contributed by atoms with van der Waals surface area (Å²) >= 11 is 0. The van der Waals surface area contributed by atoms with Gasteiger partial charge in [0, 0.05) is 24.9 Å². The average molecular weight is 301 g/mol. The fourth-order valence-electron chi connectivity index (χ4n) is 1.40. The first-order chi connectivity index (χ1) is 9.85. The summed E-state index contributed by atoms with van der Waals surface area (Å²) in [5.74, 6) is -2.42. The van der Waals surface area contributed by atoms with Crippen LogP contribution in [0.5, 0.6) is 0 Å². The summed E-state index contributed by atoms with van der Waals surface area (Å²) in [6, 6.07) is 0.566. The number of carbonyl (C=O) groups excluding carboxylic acids is 1. The minimum Gasteiger partial charge on any atom is -0.480 e. The number of benzene rings is 1. The van der Waals surface area contributed by atoms with Gasteiger partial charge in [-0.2, -0.15) is 4.39 Å². The number of halogens is 1. The molecule has 0 aliphatic carbocycles. The van der Waals surface area contributed by atoms with Gasteiger partial charge in [0.15, 0.2) is 6.04 Å². The first kappa shape index (κ1) is 16.3. The number of anilines is 1. The van der Waals surface area contributed by atoms with Gasteiger partial charge in [-0.1, -0.05) is 0 Å². The van der Waals surface area contributed by atoms with E-state index in [1.165, 1.54) is 7.11 Å². The molecule has 0 radical (unpaired) electrons. The lowest BCUT2D eigenvalue weighted by Gasteiger charge is -2.14. The van der Waals surface area contributed by atoms with Gasteiger partial charge >= 0.3 is 17.7 Å². The monoisotopic (exact) mass is 301 g/mol. The van der Waals surface area contributed by atoms with E-state index in [1.54, 1.807) is 0 Å². The summed E-state index contributed by atoms with van der Waals surface area (Å²) in [5.41, 5.74) is -0.791. The van der Waals surface area contributed by atoms with E-state index in [2.05, 4.69) is 15.4 Å². The molecule has 0 aliphatic rings. The molecule has 0 bridgehead atoms. The number of hydrogen-bond acceptors (Lipinski definition) is 5. The molecule has 1 aromatic rings. The fraction of sp³-hybridized carbons (Fsp3) is 0.273. The number of aliphatic carboxylic acids is 1. The van der Waals surface area contributed by atoms with E-state index in [-0.39, 0.29) is 12.3 Å². The van der Waals surface area contributed by atoms with E-state index in [9.17, 15) is 24.1 Å². The molecular formula is C11H12FN3O6. The zero-order valence-corrected chi connectivity index (χ0v) is 10.8. The summed E-state index contributed by atoms with van der Waals surface area (Å²) in [7, 11) is 1.27. The van der Waals surface area contributed by atoms with Crippen LogP contribution in [0.4, 0.5) is 20.6 Å². The predicted molar refractivity (Wildman–Crippen MR) is 68.5 cm³/mol. The van der Waals surface area contributed by atoms with E-state index < -0.39 is 34.5 Å². The van der Waals surface area contributed by atoms with Crippen molar-refractivity contribution in [3.05, 3.63) is 34.1 Å². The molecular weight excluding hydrogens is 289 g/mol. The van der Waals surface area contributed by atoms with Crippen LogP contribution in [0.1, 0.15) is 0 Å². The van der Waals surface area contributed by atoms with Crippen LogP contribution in [-0.4, -0.2) is 41.8 Å². The number of ether oxygens (including phenoxy) is 1. The molecule has 1 aromatic carbocycles. The smallest absolute Gasteiger partial charge is 0.328 e. The molecule has 10 heteroatoms. The minimum atomic E-state index is -1.30. The number of nitro benzene ring substituents is 1. The number of methoxy groups -OCH3 is 1. The topological polar surface area (TPSA) is 131 Å². The second kappa shape index (κ2) is 7.14. The number of nitrogens with one attached hydrogen (secondary N) is 2. The van der Waals surface area contributed by atoms with E-state index >= 15 is 0 Å². The highest BCUT2D eigenvalue weighted by atomic mass is 19.1. The summed E-state index contributed by atoms with van der Waals surface area (Å²) in [5, 5.41) is 23.5. The van der Waals surface area contributed by atoms with Crippen molar-refractivity contribution < 1.29 is 28.7 Å². The molecule has 114 valence electrons. The molecule has 0 aromatic heterocycles. The van der Waals surface area contributed by atoms with Crippen molar-refractivity contribution in [3.63, 3.8) is 0 Å². The molecule has 0 aliphatic heterocycles. The molecule has 0 spiro atoms. The zero-order chi connectivity index (χ0) is 16.0. The van der Waals surface area contributed by atoms with E-state index in [0.29, 0.717) is 0 Å². The van der Waals surface area contributed by atoms with Crippen LogP contribution in [-0.2, 0) is 9.53 Å². The Kier molecular flexibility index (Phi) is 5.55. The molecule has 9 nitrogen and oxygen atoms in total. The van der Waals surface area contributed by atoms with Gasteiger partial charge in [0.25, 0.3) is 0 Å². The first-order valence-electron chi connectivity index (χ1n) is 5.58. The minimum absolute atomic E-state index is 0.0582. The van der Waals surface area contributed by atoms with E-state index in [1.807, 2.05) is 0 Å². The Morgan fingerprint density at radius 3 is 2.67 bits per heavy atom. The van der Waals surface area contributed by atoms with Gasteiger partial charge < -0.3 is 20.5 Å². The Morgan fingerprint density at radius 2 is 2.19 bits per heavy atom. The number of nitro groups is 1. The molecule has 1 atom stereocenters. The van der Waals surface area contributed by atoms with Crippen LogP contribution in [0.3, 0.4) is 0 Å². The number of hydrogen-bond donors (Lipinski definition) is 3. The zero-order valence-electron chi connectivity index (χ0n) is 10.8. The largest absolute Gasteiger partial charge is 0.480 e. The molecule has 1 rings (SSSR count). The summed E-state index contributed by atoms with van der Waals surface area (Å²) in [4.78, 5) is 31.9. The molecule has 0 heterocycles. The highest BCUT2D eigenvalue weighted by Crippen LogP contribution is 2.20. The van der Waals surface area contributed by atoms with Gasteiger partial charge in [0.2, 0.25) is 5.82 Å². The van der Waals surface area contributed by atoms with Gasteiger partial charge in [0.1, 0.15) is 0 Å². The van der Waals surface area contributed by atoms with Gasteiger partial charge in [-0.25, -0.2) is 9.59 Å². The third kappa shape index (κ3) is 4.69. The quantitative estimate of drug-likeness (QED) is 0.529. The van der Waals surface area contributed by atoms with Gasteiger partial charge in [0.05, 0.1) is 11.5 Å². The Hall–Kier alpha value is -2.75. The van der Waals surface area contributed by atoms with Gasteiger partial charge in [-0.05, 0) is 6.07 Å². The Morgan fingerprint density at radius 1 is 1.52 bits per heavy atom. The number of urea groups is 1. The van der Waals surface area contributed by atoms with Crippen LogP contribution in [0.25, 0.3) is 0 Å². The van der Waals surface area contributed by atoms with Crippen molar-refractivity contribution in [1.29, 1.82) is 0 Å². The molecule has 0 fully saturated rings.